The Bertz CT molecular complexity index is 548. The first-order chi connectivity index (χ1) is 7.99. The van der Waals surface area contributed by atoms with Gasteiger partial charge in [-0.3, -0.25) is 0 Å². The smallest absolute Gasteiger partial charge is 0.0995 e. The van der Waals surface area contributed by atoms with Crippen LogP contribution in [-0.2, 0) is 0 Å². The topological polar surface area (TPSA) is 26.0 Å². The van der Waals surface area contributed by atoms with Crippen molar-refractivity contribution in [2.75, 3.05) is 0 Å². The molecule has 0 bridgehead atoms. The number of nitrogens with two attached hydrogens (primary N) is 1. The van der Waals surface area contributed by atoms with Gasteiger partial charge >= 0.3 is 0 Å². The number of benzene rings is 1. The second-order valence-corrected chi connectivity index (χ2v) is 6.40. The highest BCUT2D eigenvalue weighted by molar-refractivity contribution is 7.20. The number of hydrogen-bond donors (Lipinski definition) is 1. The van der Waals surface area contributed by atoms with Crippen LogP contribution in [0.5, 0.6) is 0 Å². The summed E-state index contributed by atoms with van der Waals surface area (Å²) < 4.78 is 1.34. The molecule has 2 aromatic rings. The summed E-state index contributed by atoms with van der Waals surface area (Å²) in [7, 11) is 0. The third-order valence-corrected chi connectivity index (χ3v) is 4.30. The fourth-order valence-electron chi connectivity index (χ4n) is 1.91. The Morgan fingerprint density at radius 3 is 2.35 bits per heavy atom. The average Bonchev–Trinajstić information content (AvgIpc) is 2.57. The van der Waals surface area contributed by atoms with E-state index < -0.39 is 0 Å². The lowest BCUT2D eigenvalue weighted by Gasteiger charge is -2.14. The Hall–Kier alpha value is -0.540. The number of hydrogen-bond acceptors (Lipinski definition) is 2. The number of aryl methyl sites for hydroxylation is 2. The zero-order valence-electron chi connectivity index (χ0n) is 9.63. The van der Waals surface area contributed by atoms with Crippen molar-refractivity contribution in [2.45, 2.75) is 19.9 Å². The largest absolute Gasteiger partial charge is 0.320 e. The van der Waals surface area contributed by atoms with Gasteiger partial charge in [-0.05, 0) is 31.0 Å². The second-order valence-electron chi connectivity index (χ2n) is 4.12. The Kier molecular flexibility index (Phi) is 3.79. The summed E-state index contributed by atoms with van der Waals surface area (Å²) in [6.07, 6.45) is 0. The van der Waals surface area contributed by atoms with Crippen molar-refractivity contribution in [3.8, 4) is 0 Å². The summed E-state index contributed by atoms with van der Waals surface area (Å²) >= 11 is 13.4. The molecule has 0 aliphatic rings. The molecule has 0 radical (unpaired) electrons. The monoisotopic (exact) mass is 285 g/mol. The summed E-state index contributed by atoms with van der Waals surface area (Å²) in [5.74, 6) is 0. The number of rotatable bonds is 2. The van der Waals surface area contributed by atoms with Crippen LogP contribution in [0.15, 0.2) is 24.3 Å². The van der Waals surface area contributed by atoms with Gasteiger partial charge in [0, 0.05) is 5.56 Å². The van der Waals surface area contributed by atoms with E-state index in [1.807, 2.05) is 6.07 Å². The zero-order valence-corrected chi connectivity index (χ0v) is 12.0. The Morgan fingerprint density at radius 1 is 1.12 bits per heavy atom. The van der Waals surface area contributed by atoms with Gasteiger partial charge in [-0.2, -0.15) is 0 Å². The summed E-state index contributed by atoms with van der Waals surface area (Å²) in [5.41, 5.74) is 10.6. The predicted molar refractivity (Wildman–Crippen MR) is 76.3 cm³/mol. The fourth-order valence-corrected chi connectivity index (χ4v) is 3.46. The number of halogens is 2. The van der Waals surface area contributed by atoms with Crippen molar-refractivity contribution in [3.63, 3.8) is 0 Å². The minimum absolute atomic E-state index is 0.216. The average molecular weight is 286 g/mol. The van der Waals surface area contributed by atoms with Gasteiger partial charge in [0.1, 0.15) is 0 Å². The van der Waals surface area contributed by atoms with E-state index in [0.29, 0.717) is 8.67 Å². The van der Waals surface area contributed by atoms with E-state index in [4.69, 9.17) is 28.9 Å². The van der Waals surface area contributed by atoms with Gasteiger partial charge in [-0.15, -0.1) is 11.3 Å². The van der Waals surface area contributed by atoms with Crippen LogP contribution in [0.2, 0.25) is 8.67 Å². The van der Waals surface area contributed by atoms with Gasteiger partial charge in [-0.1, -0.05) is 47.0 Å². The molecule has 1 unspecified atom stereocenters. The first kappa shape index (κ1) is 12.9. The van der Waals surface area contributed by atoms with E-state index in [2.05, 4.69) is 32.0 Å². The maximum atomic E-state index is 6.24. The molecule has 1 aromatic carbocycles. The molecular weight excluding hydrogens is 273 g/mol. The van der Waals surface area contributed by atoms with E-state index in [1.54, 1.807) is 0 Å². The van der Waals surface area contributed by atoms with Crippen LogP contribution in [0.3, 0.4) is 0 Å². The maximum Gasteiger partial charge on any atom is 0.0995 e. The third kappa shape index (κ3) is 2.66. The summed E-state index contributed by atoms with van der Waals surface area (Å²) in [4.78, 5) is 0. The van der Waals surface area contributed by atoms with E-state index in [0.717, 1.165) is 11.1 Å². The molecule has 1 aromatic heterocycles. The molecule has 0 aliphatic heterocycles. The van der Waals surface area contributed by atoms with Crippen LogP contribution in [0.4, 0.5) is 0 Å². The zero-order chi connectivity index (χ0) is 12.6. The quantitative estimate of drug-likeness (QED) is 0.849. The molecule has 0 amide bonds. The van der Waals surface area contributed by atoms with Crippen molar-refractivity contribution in [1.82, 2.24) is 0 Å². The molecule has 0 aliphatic carbocycles. The SMILES string of the molecule is Cc1ccc(C(N)c2cc(Cl)sc2Cl)c(C)c1. The van der Waals surface area contributed by atoms with Crippen LogP contribution < -0.4 is 5.73 Å². The molecule has 0 saturated carbocycles. The molecule has 17 heavy (non-hydrogen) atoms. The molecule has 2 N–H and O–H groups in total. The highest BCUT2D eigenvalue weighted by Gasteiger charge is 2.17. The van der Waals surface area contributed by atoms with Gasteiger partial charge in [0.05, 0.1) is 14.7 Å². The number of thiophene rings is 1. The van der Waals surface area contributed by atoms with Crippen LogP contribution in [0.1, 0.15) is 28.3 Å². The lowest BCUT2D eigenvalue weighted by atomic mass is 9.96. The van der Waals surface area contributed by atoms with Crippen LogP contribution in [0, 0.1) is 13.8 Å². The van der Waals surface area contributed by atoms with E-state index >= 15 is 0 Å². The summed E-state index contributed by atoms with van der Waals surface area (Å²) in [6.45, 7) is 4.13. The lowest BCUT2D eigenvalue weighted by molar-refractivity contribution is 0.866. The molecule has 1 nitrogen and oxygen atoms in total. The lowest BCUT2D eigenvalue weighted by Crippen LogP contribution is -2.12. The van der Waals surface area contributed by atoms with Gasteiger partial charge < -0.3 is 5.73 Å². The van der Waals surface area contributed by atoms with Crippen molar-refractivity contribution >= 4 is 34.5 Å². The van der Waals surface area contributed by atoms with Crippen LogP contribution in [-0.4, -0.2) is 0 Å². The fraction of sp³-hybridized carbons (Fsp3) is 0.231. The van der Waals surface area contributed by atoms with Crippen molar-refractivity contribution in [2.24, 2.45) is 5.73 Å². The normalized spacial score (nSPS) is 12.8. The van der Waals surface area contributed by atoms with Gasteiger partial charge in [0.15, 0.2) is 0 Å². The predicted octanol–water partition coefficient (Wildman–Crippen LogP) is 4.72. The molecule has 0 spiro atoms. The van der Waals surface area contributed by atoms with Crippen LogP contribution >= 0.6 is 34.5 Å². The molecule has 2 rings (SSSR count). The Labute approximate surface area is 115 Å². The molecule has 1 atom stereocenters. The van der Waals surface area contributed by atoms with Crippen LogP contribution in [0.25, 0.3) is 0 Å². The molecular formula is C13H13Cl2NS. The van der Waals surface area contributed by atoms with Gasteiger partial charge in [-0.25, -0.2) is 0 Å². The highest BCUT2D eigenvalue weighted by atomic mass is 35.5. The maximum absolute atomic E-state index is 6.24. The molecule has 4 heteroatoms. The molecule has 90 valence electrons. The van der Waals surface area contributed by atoms with Crippen molar-refractivity contribution in [1.29, 1.82) is 0 Å². The summed E-state index contributed by atoms with van der Waals surface area (Å²) in [5, 5.41) is 0. The van der Waals surface area contributed by atoms with E-state index in [9.17, 15) is 0 Å². The van der Waals surface area contributed by atoms with E-state index in [1.165, 1.54) is 22.5 Å². The first-order valence-corrected chi connectivity index (χ1v) is 6.83. The van der Waals surface area contributed by atoms with Gasteiger partial charge in [0.25, 0.3) is 0 Å². The molecule has 0 saturated heterocycles. The standard InChI is InChI=1S/C13H13Cl2NS/c1-7-3-4-9(8(2)5-7)12(16)10-6-11(14)17-13(10)15/h3-6,12H,16H2,1-2H3. The van der Waals surface area contributed by atoms with Crippen molar-refractivity contribution < 1.29 is 0 Å². The van der Waals surface area contributed by atoms with Gasteiger partial charge in [0.2, 0.25) is 0 Å². The minimum Gasteiger partial charge on any atom is -0.320 e. The van der Waals surface area contributed by atoms with Crippen molar-refractivity contribution in [3.05, 3.63) is 55.2 Å². The Balaban J connectivity index is 2.43. The minimum atomic E-state index is -0.216. The Morgan fingerprint density at radius 2 is 1.82 bits per heavy atom. The first-order valence-electron chi connectivity index (χ1n) is 5.26. The third-order valence-electron chi connectivity index (χ3n) is 2.78. The second kappa shape index (κ2) is 4.99. The highest BCUT2D eigenvalue weighted by Crippen LogP contribution is 2.37. The molecule has 1 heterocycles. The molecule has 0 fully saturated rings. The van der Waals surface area contributed by atoms with E-state index in [-0.39, 0.29) is 6.04 Å². The summed E-state index contributed by atoms with van der Waals surface area (Å²) in [6, 6.07) is 7.86.